The standard InChI is InChI=1S/C23H24N8O2S/c1-14-3-4-16-15(9-25-28-16)20(14)27-21(33)17-10-24-22(34-17)26-18-5-8-31(29-18)11-19(32)30-12-23(13-30)6-2-7-23/h3-5,8-10H,2,6-7,11-13H2,1H3,(H,25,28)(H,27,33)(H,24,26,29). The molecule has 6 rings (SSSR count). The van der Waals surface area contributed by atoms with Crippen molar-refractivity contribution in [3.8, 4) is 0 Å². The fourth-order valence-corrected chi connectivity index (χ4v) is 5.42. The largest absolute Gasteiger partial charge is 0.340 e. The molecule has 1 aliphatic heterocycles. The minimum absolute atomic E-state index is 0.100. The molecule has 10 nitrogen and oxygen atoms in total. The Balaban J connectivity index is 1.07. The second-order valence-corrected chi connectivity index (χ2v) is 10.2. The zero-order chi connectivity index (χ0) is 23.3. The molecule has 0 unspecified atom stereocenters. The molecule has 3 N–H and O–H groups in total. The van der Waals surface area contributed by atoms with Crippen LogP contribution >= 0.6 is 11.3 Å². The molecule has 174 valence electrons. The van der Waals surface area contributed by atoms with Crippen molar-refractivity contribution in [2.45, 2.75) is 32.7 Å². The Kier molecular flexibility index (Phi) is 4.87. The first-order valence-electron chi connectivity index (χ1n) is 11.3. The molecule has 1 spiro atoms. The summed E-state index contributed by atoms with van der Waals surface area (Å²) < 4.78 is 1.63. The quantitative estimate of drug-likeness (QED) is 0.391. The summed E-state index contributed by atoms with van der Waals surface area (Å²) in [5, 5.41) is 18.9. The lowest BCUT2D eigenvalue weighted by molar-refractivity contribution is -0.150. The topological polar surface area (TPSA) is 121 Å². The normalized spacial score (nSPS) is 16.3. The van der Waals surface area contributed by atoms with E-state index in [9.17, 15) is 9.59 Å². The van der Waals surface area contributed by atoms with E-state index in [1.807, 2.05) is 24.0 Å². The van der Waals surface area contributed by atoms with E-state index in [0.29, 0.717) is 21.2 Å². The number of aromatic amines is 1. The summed E-state index contributed by atoms with van der Waals surface area (Å²) in [7, 11) is 0. The van der Waals surface area contributed by atoms with Crippen molar-refractivity contribution in [3.05, 3.63) is 47.2 Å². The molecule has 0 bridgehead atoms. The maximum Gasteiger partial charge on any atom is 0.267 e. The molecule has 0 atom stereocenters. The van der Waals surface area contributed by atoms with Crippen LogP contribution in [-0.4, -0.2) is 54.8 Å². The van der Waals surface area contributed by atoms with Crippen molar-refractivity contribution in [2.24, 2.45) is 5.41 Å². The van der Waals surface area contributed by atoms with E-state index in [-0.39, 0.29) is 18.4 Å². The maximum atomic E-state index is 12.8. The van der Waals surface area contributed by atoms with Gasteiger partial charge >= 0.3 is 0 Å². The van der Waals surface area contributed by atoms with Gasteiger partial charge in [0.05, 0.1) is 23.6 Å². The average molecular weight is 477 g/mol. The van der Waals surface area contributed by atoms with Crippen molar-refractivity contribution < 1.29 is 9.59 Å². The minimum atomic E-state index is -0.239. The van der Waals surface area contributed by atoms with Crippen molar-refractivity contribution in [1.29, 1.82) is 0 Å². The number of carbonyl (C=O) groups excluding carboxylic acids is 2. The van der Waals surface area contributed by atoms with Crippen molar-refractivity contribution in [1.82, 2.24) is 29.9 Å². The summed E-state index contributed by atoms with van der Waals surface area (Å²) in [5.41, 5.74) is 2.96. The first-order valence-corrected chi connectivity index (χ1v) is 12.1. The van der Waals surface area contributed by atoms with Crippen LogP contribution in [0.25, 0.3) is 10.9 Å². The SMILES string of the molecule is Cc1ccc2[nH]ncc2c1NC(=O)c1cnc(Nc2ccn(CC(=O)N3CC4(CCC4)C3)n2)s1. The molecule has 1 aromatic carbocycles. The Morgan fingerprint density at radius 3 is 2.85 bits per heavy atom. The van der Waals surface area contributed by atoms with E-state index in [0.717, 1.165) is 35.2 Å². The number of nitrogens with zero attached hydrogens (tertiary/aromatic N) is 5. The van der Waals surface area contributed by atoms with Crippen LogP contribution in [0.1, 0.15) is 34.5 Å². The van der Waals surface area contributed by atoms with Gasteiger partial charge in [-0.2, -0.15) is 10.2 Å². The first kappa shape index (κ1) is 20.8. The molecule has 34 heavy (non-hydrogen) atoms. The van der Waals surface area contributed by atoms with Gasteiger partial charge in [0.25, 0.3) is 5.91 Å². The zero-order valence-electron chi connectivity index (χ0n) is 18.7. The predicted octanol–water partition coefficient (Wildman–Crippen LogP) is 3.53. The van der Waals surface area contributed by atoms with Crippen LogP contribution in [0, 0.1) is 12.3 Å². The second kappa shape index (κ2) is 7.94. The van der Waals surface area contributed by atoms with E-state index in [2.05, 4.69) is 30.9 Å². The van der Waals surface area contributed by atoms with Gasteiger partial charge in [-0.3, -0.25) is 19.4 Å². The van der Waals surface area contributed by atoms with Crippen LogP contribution in [0.2, 0.25) is 0 Å². The van der Waals surface area contributed by atoms with Crippen molar-refractivity contribution in [3.63, 3.8) is 0 Å². The van der Waals surface area contributed by atoms with Crippen LogP contribution in [-0.2, 0) is 11.3 Å². The van der Waals surface area contributed by atoms with Crippen LogP contribution in [0.5, 0.6) is 0 Å². The van der Waals surface area contributed by atoms with Gasteiger partial charge in [-0.1, -0.05) is 23.8 Å². The molecular weight excluding hydrogens is 452 g/mol. The van der Waals surface area contributed by atoms with E-state index in [4.69, 9.17) is 0 Å². The van der Waals surface area contributed by atoms with Gasteiger partial charge in [-0.05, 0) is 31.4 Å². The van der Waals surface area contributed by atoms with E-state index in [1.54, 1.807) is 23.1 Å². The third-order valence-corrected chi connectivity index (χ3v) is 7.70. The van der Waals surface area contributed by atoms with Gasteiger partial charge in [-0.25, -0.2) is 4.98 Å². The molecule has 4 aromatic rings. The number of anilines is 3. The highest BCUT2D eigenvalue weighted by atomic mass is 32.1. The van der Waals surface area contributed by atoms with Gasteiger partial charge in [0, 0.05) is 36.2 Å². The maximum absolute atomic E-state index is 12.8. The number of thiazole rings is 1. The van der Waals surface area contributed by atoms with Gasteiger partial charge < -0.3 is 15.5 Å². The van der Waals surface area contributed by atoms with Crippen molar-refractivity contribution >= 4 is 50.7 Å². The molecule has 11 heteroatoms. The number of nitrogens with one attached hydrogen (secondary N) is 3. The summed E-state index contributed by atoms with van der Waals surface area (Å²) in [6, 6.07) is 5.66. The number of hydrogen-bond acceptors (Lipinski definition) is 7. The lowest BCUT2D eigenvalue weighted by Crippen LogP contribution is -2.61. The molecule has 1 aliphatic carbocycles. The highest BCUT2D eigenvalue weighted by Gasteiger charge is 2.48. The third-order valence-electron chi connectivity index (χ3n) is 6.79. The van der Waals surface area contributed by atoms with Crippen LogP contribution in [0.3, 0.4) is 0 Å². The summed E-state index contributed by atoms with van der Waals surface area (Å²) in [6.45, 7) is 3.94. The van der Waals surface area contributed by atoms with Crippen LogP contribution < -0.4 is 10.6 Å². The lowest BCUT2D eigenvalue weighted by atomic mass is 9.63. The van der Waals surface area contributed by atoms with Crippen molar-refractivity contribution in [2.75, 3.05) is 23.7 Å². The number of benzene rings is 1. The molecular formula is C23H24N8O2S. The second-order valence-electron chi connectivity index (χ2n) is 9.20. The average Bonchev–Trinajstić information content (AvgIpc) is 3.49. The summed E-state index contributed by atoms with van der Waals surface area (Å²) in [6.07, 6.45) is 8.79. The van der Waals surface area contributed by atoms with Gasteiger partial charge in [0.1, 0.15) is 11.4 Å². The van der Waals surface area contributed by atoms with E-state index >= 15 is 0 Å². The molecule has 4 heterocycles. The number of H-pyrrole nitrogens is 1. The lowest BCUT2D eigenvalue weighted by Gasteiger charge is -2.55. The molecule has 2 fully saturated rings. The van der Waals surface area contributed by atoms with Gasteiger partial charge in [0.15, 0.2) is 10.9 Å². The number of likely N-dealkylation sites (tertiary alicyclic amines) is 1. The molecule has 2 amide bonds. The Bertz CT molecular complexity index is 1390. The van der Waals surface area contributed by atoms with Gasteiger partial charge in [-0.15, -0.1) is 0 Å². The Hall–Kier alpha value is -3.73. The number of aryl methyl sites for hydroxylation is 1. The Morgan fingerprint density at radius 1 is 1.21 bits per heavy atom. The third kappa shape index (κ3) is 3.71. The first-order chi connectivity index (χ1) is 16.5. The number of aromatic nitrogens is 5. The Labute approximate surface area is 199 Å². The molecule has 1 saturated heterocycles. The van der Waals surface area contributed by atoms with E-state index < -0.39 is 0 Å². The number of carbonyl (C=O) groups is 2. The van der Waals surface area contributed by atoms with Crippen LogP contribution in [0.4, 0.5) is 16.6 Å². The smallest absolute Gasteiger partial charge is 0.267 e. The predicted molar refractivity (Wildman–Crippen MR) is 129 cm³/mol. The summed E-state index contributed by atoms with van der Waals surface area (Å²) >= 11 is 1.24. The number of fused-ring (bicyclic) bond motifs is 1. The number of amides is 2. The Morgan fingerprint density at radius 2 is 2.06 bits per heavy atom. The highest BCUT2D eigenvalue weighted by Crippen LogP contribution is 2.48. The van der Waals surface area contributed by atoms with Crippen LogP contribution in [0.15, 0.2) is 36.8 Å². The van der Waals surface area contributed by atoms with E-state index in [1.165, 1.54) is 36.8 Å². The fourth-order valence-electron chi connectivity index (χ4n) is 4.70. The summed E-state index contributed by atoms with van der Waals surface area (Å²) in [4.78, 5) is 32.0. The minimum Gasteiger partial charge on any atom is -0.340 e. The fraction of sp³-hybridized carbons (Fsp3) is 0.348. The highest BCUT2D eigenvalue weighted by molar-refractivity contribution is 7.17. The monoisotopic (exact) mass is 476 g/mol. The summed E-state index contributed by atoms with van der Waals surface area (Å²) in [5.74, 6) is 0.438. The molecule has 1 saturated carbocycles. The zero-order valence-corrected chi connectivity index (χ0v) is 19.5. The molecule has 2 aliphatic rings. The number of hydrogen-bond donors (Lipinski definition) is 3. The molecule has 0 radical (unpaired) electrons. The molecule has 3 aromatic heterocycles. The van der Waals surface area contributed by atoms with Gasteiger partial charge in [0.2, 0.25) is 5.91 Å². The number of rotatable bonds is 6.